The van der Waals surface area contributed by atoms with E-state index in [0.29, 0.717) is 13.0 Å². The Bertz CT molecular complexity index is 205. The molecule has 0 bridgehead atoms. The van der Waals surface area contributed by atoms with Crippen LogP contribution in [0.1, 0.15) is 32.1 Å². The molecule has 0 spiro atoms. The van der Waals surface area contributed by atoms with Gasteiger partial charge in [0.2, 0.25) is 0 Å². The van der Waals surface area contributed by atoms with Gasteiger partial charge in [0.25, 0.3) is 0 Å². The second kappa shape index (κ2) is 3.73. The molecule has 2 nitrogen and oxygen atoms in total. The highest BCUT2D eigenvalue weighted by atomic mass is 16.1. The molecule has 1 aliphatic rings. The molecule has 0 aromatic rings. The molecule has 0 saturated heterocycles. The topological polar surface area (TPSA) is 43.1 Å². The van der Waals surface area contributed by atoms with Crippen LogP contribution < -0.4 is 5.73 Å². The van der Waals surface area contributed by atoms with E-state index < -0.39 is 0 Å². The Morgan fingerprint density at radius 1 is 1.58 bits per heavy atom. The summed E-state index contributed by atoms with van der Waals surface area (Å²) in [7, 11) is 0. The number of nitrogens with two attached hydrogens (primary N) is 1. The Morgan fingerprint density at radius 3 is 2.58 bits per heavy atom. The molecule has 0 aliphatic heterocycles. The summed E-state index contributed by atoms with van der Waals surface area (Å²) in [5.74, 6) is 2.54. The zero-order chi connectivity index (χ0) is 9.03. The smallest absolute Gasteiger partial charge is 0.145 e. The van der Waals surface area contributed by atoms with E-state index in [2.05, 4.69) is 5.92 Å². The van der Waals surface area contributed by atoms with Crippen molar-refractivity contribution in [2.24, 2.45) is 11.1 Å². The van der Waals surface area contributed by atoms with E-state index in [0.717, 1.165) is 12.8 Å². The van der Waals surface area contributed by atoms with Crippen molar-refractivity contribution in [1.82, 2.24) is 0 Å². The monoisotopic (exact) mass is 165 g/mol. The zero-order valence-electron chi connectivity index (χ0n) is 7.31. The van der Waals surface area contributed by atoms with E-state index in [1.54, 1.807) is 0 Å². The molecule has 0 unspecified atom stereocenters. The van der Waals surface area contributed by atoms with Crippen molar-refractivity contribution in [2.75, 3.05) is 6.54 Å². The maximum atomic E-state index is 11.2. The lowest BCUT2D eigenvalue weighted by atomic mass is 9.66. The largest absolute Gasteiger partial charge is 0.330 e. The van der Waals surface area contributed by atoms with Crippen molar-refractivity contribution in [2.45, 2.75) is 32.1 Å². The third-order valence-electron chi connectivity index (χ3n) is 2.72. The molecular weight excluding hydrogens is 150 g/mol. The first-order chi connectivity index (χ1) is 5.72. The van der Waals surface area contributed by atoms with Gasteiger partial charge in [0.15, 0.2) is 0 Å². The molecule has 1 fully saturated rings. The Hall–Kier alpha value is -0.810. The summed E-state index contributed by atoms with van der Waals surface area (Å²) in [5, 5.41) is 0. The van der Waals surface area contributed by atoms with Gasteiger partial charge in [0, 0.05) is 6.42 Å². The SMILES string of the molecule is C#CCC(=O)CC1(CN)CCC1. The minimum atomic E-state index is 0.119. The van der Waals surface area contributed by atoms with Gasteiger partial charge in [-0.1, -0.05) is 12.3 Å². The van der Waals surface area contributed by atoms with Crippen LogP contribution >= 0.6 is 0 Å². The average molecular weight is 165 g/mol. The second-order valence-electron chi connectivity index (χ2n) is 3.65. The predicted octanol–water partition coefficient (Wildman–Crippen LogP) is 1.10. The molecule has 0 amide bonds. The fraction of sp³-hybridized carbons (Fsp3) is 0.700. The van der Waals surface area contributed by atoms with Crippen molar-refractivity contribution in [3.8, 4) is 12.3 Å². The molecule has 0 radical (unpaired) electrons. The van der Waals surface area contributed by atoms with Gasteiger partial charge in [-0.3, -0.25) is 4.79 Å². The van der Waals surface area contributed by atoms with Crippen LogP contribution in [-0.4, -0.2) is 12.3 Å². The van der Waals surface area contributed by atoms with E-state index in [-0.39, 0.29) is 17.6 Å². The summed E-state index contributed by atoms with van der Waals surface area (Å²) in [6, 6.07) is 0. The quantitative estimate of drug-likeness (QED) is 0.634. The van der Waals surface area contributed by atoms with Crippen LogP contribution in [0.15, 0.2) is 0 Å². The van der Waals surface area contributed by atoms with Crippen molar-refractivity contribution in [3.63, 3.8) is 0 Å². The number of hydrogen-bond acceptors (Lipinski definition) is 2. The van der Waals surface area contributed by atoms with Crippen LogP contribution in [0.3, 0.4) is 0 Å². The summed E-state index contributed by atoms with van der Waals surface area (Å²) in [6.07, 6.45) is 9.31. The van der Waals surface area contributed by atoms with Crippen LogP contribution in [0.2, 0.25) is 0 Å². The highest BCUT2D eigenvalue weighted by Crippen LogP contribution is 2.43. The van der Waals surface area contributed by atoms with Gasteiger partial charge in [-0.2, -0.15) is 0 Å². The van der Waals surface area contributed by atoms with Gasteiger partial charge < -0.3 is 5.73 Å². The first-order valence-electron chi connectivity index (χ1n) is 4.38. The van der Waals surface area contributed by atoms with Crippen LogP contribution in [0, 0.1) is 17.8 Å². The zero-order valence-corrected chi connectivity index (χ0v) is 7.31. The fourth-order valence-corrected chi connectivity index (χ4v) is 1.72. The number of carbonyl (C=O) groups excluding carboxylic acids is 1. The molecule has 0 heterocycles. The molecule has 0 aromatic carbocycles. The highest BCUT2D eigenvalue weighted by molar-refractivity contribution is 5.81. The lowest BCUT2D eigenvalue weighted by Gasteiger charge is -2.40. The maximum Gasteiger partial charge on any atom is 0.145 e. The number of carbonyl (C=O) groups is 1. The second-order valence-corrected chi connectivity index (χ2v) is 3.65. The van der Waals surface area contributed by atoms with Gasteiger partial charge in [-0.15, -0.1) is 6.42 Å². The van der Waals surface area contributed by atoms with Crippen molar-refractivity contribution in [3.05, 3.63) is 0 Å². The Balaban J connectivity index is 2.38. The number of terminal acetylenes is 1. The Morgan fingerprint density at radius 2 is 2.25 bits per heavy atom. The average Bonchev–Trinajstić information content (AvgIpc) is 1.97. The summed E-state index contributed by atoms with van der Waals surface area (Å²) >= 11 is 0. The van der Waals surface area contributed by atoms with Crippen LogP contribution in [0.25, 0.3) is 0 Å². The number of ketones is 1. The van der Waals surface area contributed by atoms with E-state index >= 15 is 0 Å². The maximum absolute atomic E-state index is 11.2. The summed E-state index contributed by atoms with van der Waals surface area (Å²) < 4.78 is 0. The summed E-state index contributed by atoms with van der Waals surface area (Å²) in [6.45, 7) is 0.628. The third-order valence-corrected chi connectivity index (χ3v) is 2.72. The van der Waals surface area contributed by atoms with Crippen molar-refractivity contribution < 1.29 is 4.79 Å². The van der Waals surface area contributed by atoms with Crippen molar-refractivity contribution in [1.29, 1.82) is 0 Å². The fourth-order valence-electron chi connectivity index (χ4n) is 1.72. The normalized spacial score (nSPS) is 19.3. The first-order valence-corrected chi connectivity index (χ1v) is 4.38. The molecule has 2 heteroatoms. The van der Waals surface area contributed by atoms with Crippen molar-refractivity contribution >= 4 is 5.78 Å². The van der Waals surface area contributed by atoms with Gasteiger partial charge in [0.1, 0.15) is 5.78 Å². The molecule has 1 saturated carbocycles. The molecule has 0 aromatic heterocycles. The predicted molar refractivity (Wildman–Crippen MR) is 48.4 cm³/mol. The van der Waals surface area contributed by atoms with E-state index in [9.17, 15) is 4.79 Å². The van der Waals surface area contributed by atoms with Gasteiger partial charge in [-0.25, -0.2) is 0 Å². The van der Waals surface area contributed by atoms with Crippen LogP contribution in [0.5, 0.6) is 0 Å². The highest BCUT2D eigenvalue weighted by Gasteiger charge is 2.36. The molecule has 12 heavy (non-hydrogen) atoms. The number of rotatable bonds is 4. The molecular formula is C10H15NO. The van der Waals surface area contributed by atoms with E-state index in [1.165, 1.54) is 6.42 Å². The van der Waals surface area contributed by atoms with Gasteiger partial charge in [-0.05, 0) is 24.8 Å². The summed E-state index contributed by atoms with van der Waals surface area (Å²) in [4.78, 5) is 11.2. The Labute approximate surface area is 73.5 Å². The van der Waals surface area contributed by atoms with Gasteiger partial charge >= 0.3 is 0 Å². The first kappa shape index (κ1) is 9.28. The third kappa shape index (κ3) is 1.86. The van der Waals surface area contributed by atoms with Crippen LogP contribution in [0.4, 0.5) is 0 Å². The minimum Gasteiger partial charge on any atom is -0.330 e. The Kier molecular flexibility index (Phi) is 2.88. The molecule has 1 aliphatic carbocycles. The standard InChI is InChI=1S/C10H15NO/c1-2-4-9(12)7-10(8-11)5-3-6-10/h1H,3-8,11H2. The number of Topliss-reactive ketones (excluding diaryl/α,β-unsaturated/α-hetero) is 1. The number of hydrogen-bond donors (Lipinski definition) is 1. The lowest BCUT2D eigenvalue weighted by Crippen LogP contribution is -2.39. The van der Waals surface area contributed by atoms with E-state index in [1.807, 2.05) is 0 Å². The van der Waals surface area contributed by atoms with Gasteiger partial charge in [0.05, 0.1) is 6.42 Å². The molecule has 2 N–H and O–H groups in total. The lowest BCUT2D eigenvalue weighted by molar-refractivity contribution is -0.121. The molecule has 66 valence electrons. The summed E-state index contributed by atoms with van der Waals surface area (Å²) in [5.41, 5.74) is 5.73. The van der Waals surface area contributed by atoms with Crippen LogP contribution in [-0.2, 0) is 4.79 Å². The molecule has 1 rings (SSSR count). The van der Waals surface area contributed by atoms with E-state index in [4.69, 9.17) is 12.2 Å². The minimum absolute atomic E-state index is 0.119. The molecule has 0 atom stereocenters.